The van der Waals surface area contributed by atoms with Gasteiger partial charge in [0.2, 0.25) is 0 Å². The zero-order valence-electron chi connectivity index (χ0n) is 8.25. The number of hydrogen-bond acceptors (Lipinski definition) is 3. The normalized spacial score (nSPS) is 9.64. The van der Waals surface area contributed by atoms with E-state index in [2.05, 4.69) is 5.32 Å². The first-order chi connectivity index (χ1) is 6.69. The van der Waals surface area contributed by atoms with Gasteiger partial charge in [-0.25, -0.2) is 4.39 Å². The predicted octanol–water partition coefficient (Wildman–Crippen LogP) is 1.50. The fourth-order valence-corrected chi connectivity index (χ4v) is 1.24. The van der Waals surface area contributed by atoms with Gasteiger partial charge in [0.05, 0.1) is 17.9 Å². The predicted molar refractivity (Wildman–Crippen MR) is 55.3 cm³/mol. The molecule has 76 valence electrons. The van der Waals surface area contributed by atoms with E-state index in [1.165, 1.54) is 12.1 Å². The van der Waals surface area contributed by atoms with E-state index in [4.69, 9.17) is 0 Å². The second-order valence-electron chi connectivity index (χ2n) is 2.96. The van der Waals surface area contributed by atoms with Crippen molar-refractivity contribution in [2.24, 2.45) is 0 Å². The van der Waals surface area contributed by atoms with Crippen molar-refractivity contribution >= 4 is 17.7 Å². The van der Waals surface area contributed by atoms with Crippen LogP contribution in [-0.2, 0) is 4.79 Å². The van der Waals surface area contributed by atoms with Crippen molar-refractivity contribution in [1.29, 1.82) is 0 Å². The van der Waals surface area contributed by atoms with Crippen molar-refractivity contribution in [3.05, 3.63) is 24.0 Å². The van der Waals surface area contributed by atoms with E-state index in [0.717, 1.165) is 12.0 Å². The molecular formula is C10H13FN2O. The molecule has 0 radical (unpaired) electrons. The van der Waals surface area contributed by atoms with E-state index in [0.29, 0.717) is 5.69 Å². The van der Waals surface area contributed by atoms with Crippen LogP contribution in [0, 0.1) is 5.82 Å². The maximum absolute atomic E-state index is 12.9. The Bertz CT molecular complexity index is 328. The number of likely N-dealkylation sites (N-methyl/N-ethyl adjacent to an activating group) is 1. The number of rotatable bonds is 4. The summed E-state index contributed by atoms with van der Waals surface area (Å²) in [6.07, 6.45) is 0.782. The summed E-state index contributed by atoms with van der Waals surface area (Å²) in [6, 6.07) is 4.42. The third-order valence-corrected chi connectivity index (χ3v) is 1.99. The second kappa shape index (κ2) is 4.60. The first kappa shape index (κ1) is 10.5. The van der Waals surface area contributed by atoms with E-state index >= 15 is 0 Å². The third kappa shape index (κ3) is 2.22. The molecule has 0 amide bonds. The maximum Gasteiger partial charge on any atom is 0.139 e. The summed E-state index contributed by atoms with van der Waals surface area (Å²) in [5.74, 6) is -0.309. The molecule has 4 heteroatoms. The lowest BCUT2D eigenvalue weighted by atomic mass is 10.2. The van der Waals surface area contributed by atoms with Crippen LogP contribution in [0.1, 0.15) is 0 Å². The van der Waals surface area contributed by atoms with E-state index in [1.807, 2.05) is 0 Å². The molecule has 0 aromatic heterocycles. The molecule has 1 rings (SSSR count). The van der Waals surface area contributed by atoms with Gasteiger partial charge in [-0.2, -0.15) is 0 Å². The molecule has 0 fully saturated rings. The fraction of sp³-hybridized carbons (Fsp3) is 0.300. The number of carbonyl (C=O) groups excluding carboxylic acids is 1. The van der Waals surface area contributed by atoms with Crippen LogP contribution in [-0.4, -0.2) is 26.9 Å². The van der Waals surface area contributed by atoms with Gasteiger partial charge in [0.1, 0.15) is 12.1 Å². The Morgan fingerprint density at radius 2 is 2.29 bits per heavy atom. The first-order valence-corrected chi connectivity index (χ1v) is 4.31. The minimum absolute atomic E-state index is 0.248. The van der Waals surface area contributed by atoms with Gasteiger partial charge in [0, 0.05) is 14.1 Å². The van der Waals surface area contributed by atoms with Crippen molar-refractivity contribution in [1.82, 2.24) is 0 Å². The smallest absolute Gasteiger partial charge is 0.139 e. The van der Waals surface area contributed by atoms with Crippen LogP contribution >= 0.6 is 0 Å². The highest BCUT2D eigenvalue weighted by Gasteiger charge is 2.06. The lowest BCUT2D eigenvalue weighted by Gasteiger charge is -2.19. The van der Waals surface area contributed by atoms with Gasteiger partial charge in [-0.05, 0) is 18.2 Å². The van der Waals surface area contributed by atoms with E-state index in [-0.39, 0.29) is 12.4 Å². The Morgan fingerprint density at radius 1 is 1.57 bits per heavy atom. The van der Waals surface area contributed by atoms with Crippen LogP contribution < -0.4 is 10.2 Å². The van der Waals surface area contributed by atoms with E-state index in [9.17, 15) is 9.18 Å². The number of carbonyl (C=O) groups is 1. The zero-order valence-corrected chi connectivity index (χ0v) is 8.25. The number of benzene rings is 1. The zero-order chi connectivity index (χ0) is 10.6. The summed E-state index contributed by atoms with van der Waals surface area (Å²) >= 11 is 0. The van der Waals surface area contributed by atoms with Crippen LogP contribution in [0.4, 0.5) is 15.8 Å². The number of hydrogen-bond donors (Lipinski definition) is 1. The van der Waals surface area contributed by atoms with Gasteiger partial charge in [-0.15, -0.1) is 0 Å². The lowest BCUT2D eigenvalue weighted by Crippen LogP contribution is -2.20. The highest BCUT2D eigenvalue weighted by atomic mass is 19.1. The lowest BCUT2D eigenvalue weighted by molar-refractivity contribution is -0.106. The quantitative estimate of drug-likeness (QED) is 0.741. The minimum atomic E-state index is -0.309. The Kier molecular flexibility index (Phi) is 3.45. The Morgan fingerprint density at radius 3 is 2.86 bits per heavy atom. The number of nitrogens with one attached hydrogen (secondary N) is 1. The maximum atomic E-state index is 12.9. The SMILES string of the molecule is CNc1ccc(F)cc1N(C)CC=O. The van der Waals surface area contributed by atoms with Crippen molar-refractivity contribution in [3.63, 3.8) is 0 Å². The summed E-state index contributed by atoms with van der Waals surface area (Å²) in [4.78, 5) is 12.0. The topological polar surface area (TPSA) is 32.3 Å². The molecular weight excluding hydrogens is 183 g/mol. The summed E-state index contributed by atoms with van der Waals surface area (Å²) in [6.45, 7) is 0.248. The van der Waals surface area contributed by atoms with Crippen LogP contribution in [0.15, 0.2) is 18.2 Å². The van der Waals surface area contributed by atoms with Crippen molar-refractivity contribution in [2.45, 2.75) is 0 Å². The molecule has 0 saturated heterocycles. The monoisotopic (exact) mass is 196 g/mol. The van der Waals surface area contributed by atoms with Crippen molar-refractivity contribution < 1.29 is 9.18 Å². The fourth-order valence-electron chi connectivity index (χ4n) is 1.24. The summed E-state index contributed by atoms with van der Waals surface area (Å²) < 4.78 is 12.9. The molecule has 0 heterocycles. The average molecular weight is 196 g/mol. The number of anilines is 2. The number of halogens is 1. The highest BCUT2D eigenvalue weighted by molar-refractivity contribution is 5.72. The molecule has 3 nitrogen and oxygen atoms in total. The molecule has 0 aliphatic heterocycles. The summed E-state index contributed by atoms with van der Waals surface area (Å²) in [5, 5.41) is 2.94. The molecule has 0 unspecified atom stereocenters. The number of nitrogens with zero attached hydrogens (tertiary/aromatic N) is 1. The molecule has 0 aliphatic rings. The summed E-state index contributed by atoms with van der Waals surface area (Å²) in [5.41, 5.74) is 1.48. The Balaban J connectivity index is 3.02. The van der Waals surface area contributed by atoms with Gasteiger partial charge in [0.15, 0.2) is 0 Å². The van der Waals surface area contributed by atoms with E-state index in [1.54, 1.807) is 25.1 Å². The van der Waals surface area contributed by atoms with E-state index < -0.39 is 0 Å². The van der Waals surface area contributed by atoms with Crippen LogP contribution in [0.5, 0.6) is 0 Å². The Labute approximate surface area is 82.5 Å². The van der Waals surface area contributed by atoms with Crippen molar-refractivity contribution in [2.75, 3.05) is 30.9 Å². The first-order valence-electron chi connectivity index (χ1n) is 4.31. The van der Waals surface area contributed by atoms with Crippen molar-refractivity contribution in [3.8, 4) is 0 Å². The van der Waals surface area contributed by atoms with Gasteiger partial charge in [0.25, 0.3) is 0 Å². The molecule has 0 atom stereocenters. The molecule has 0 saturated carbocycles. The Hall–Kier alpha value is -1.58. The molecule has 1 aromatic carbocycles. The van der Waals surface area contributed by atoms with Crippen LogP contribution in [0.2, 0.25) is 0 Å². The van der Waals surface area contributed by atoms with Gasteiger partial charge in [-0.1, -0.05) is 0 Å². The molecule has 0 aliphatic carbocycles. The van der Waals surface area contributed by atoms with Gasteiger partial charge in [-0.3, -0.25) is 0 Å². The largest absolute Gasteiger partial charge is 0.386 e. The minimum Gasteiger partial charge on any atom is -0.386 e. The number of aldehydes is 1. The molecule has 14 heavy (non-hydrogen) atoms. The third-order valence-electron chi connectivity index (χ3n) is 1.99. The highest BCUT2D eigenvalue weighted by Crippen LogP contribution is 2.24. The summed E-state index contributed by atoms with van der Waals surface area (Å²) in [7, 11) is 3.50. The second-order valence-corrected chi connectivity index (χ2v) is 2.96. The van der Waals surface area contributed by atoms with Crippen LogP contribution in [0.3, 0.4) is 0 Å². The van der Waals surface area contributed by atoms with Gasteiger partial charge >= 0.3 is 0 Å². The molecule has 0 spiro atoms. The van der Waals surface area contributed by atoms with Gasteiger partial charge < -0.3 is 15.0 Å². The van der Waals surface area contributed by atoms with Crippen LogP contribution in [0.25, 0.3) is 0 Å². The average Bonchev–Trinajstić information content (AvgIpc) is 2.18. The molecule has 0 bridgehead atoms. The molecule has 1 N–H and O–H groups in total. The molecule has 1 aromatic rings. The standard InChI is InChI=1S/C10H13FN2O/c1-12-9-4-3-8(11)7-10(9)13(2)5-6-14/h3-4,6-7,12H,5H2,1-2H3.